The summed E-state index contributed by atoms with van der Waals surface area (Å²) in [4.78, 5) is 40.3. The standard InChI is InChI=1S/C29H36F2N4O4/c1-19(2)28(37)33-23-6-3-5-21(15-23)20-9-13-34(14-10-20)12-4-11-32-27(36)17-35-26(18-39-29(35)38)22-7-8-24(30)25(31)16-22/h3,5-8,15-16,19-20,26H,4,9-14,17-18H2,1-2H3,(H,32,36)(H,33,37)/t26-/m0/s1. The van der Waals surface area contributed by atoms with Crippen LogP contribution in [-0.4, -0.2) is 67.0 Å². The minimum atomic E-state index is -1.01. The van der Waals surface area contributed by atoms with Gasteiger partial charge >= 0.3 is 6.09 Å². The largest absolute Gasteiger partial charge is 0.447 e. The fourth-order valence-corrected chi connectivity index (χ4v) is 5.01. The van der Waals surface area contributed by atoms with Crippen LogP contribution < -0.4 is 10.6 Å². The molecule has 210 valence electrons. The lowest BCUT2D eigenvalue weighted by Crippen LogP contribution is -2.40. The van der Waals surface area contributed by atoms with Crippen molar-refractivity contribution in [1.82, 2.24) is 15.1 Å². The molecule has 39 heavy (non-hydrogen) atoms. The van der Waals surface area contributed by atoms with E-state index in [-0.39, 0.29) is 30.9 Å². The maximum atomic E-state index is 13.7. The van der Waals surface area contributed by atoms with Gasteiger partial charge in [-0.2, -0.15) is 0 Å². The van der Waals surface area contributed by atoms with Gasteiger partial charge in [0.2, 0.25) is 11.8 Å². The molecule has 0 radical (unpaired) electrons. The number of anilines is 1. The molecule has 0 spiro atoms. The highest BCUT2D eigenvalue weighted by atomic mass is 19.2. The van der Waals surface area contributed by atoms with Crippen molar-refractivity contribution in [2.45, 2.75) is 45.1 Å². The first-order valence-corrected chi connectivity index (χ1v) is 13.5. The van der Waals surface area contributed by atoms with Crippen molar-refractivity contribution in [3.8, 4) is 0 Å². The van der Waals surface area contributed by atoms with Gasteiger partial charge in [-0.05, 0) is 80.2 Å². The number of hydrogen-bond acceptors (Lipinski definition) is 5. The molecule has 2 aliphatic heterocycles. The molecule has 2 aromatic carbocycles. The van der Waals surface area contributed by atoms with E-state index in [2.05, 4.69) is 27.7 Å². The van der Waals surface area contributed by atoms with Gasteiger partial charge in [-0.3, -0.25) is 14.5 Å². The van der Waals surface area contributed by atoms with Gasteiger partial charge in [-0.1, -0.05) is 32.0 Å². The number of ether oxygens (including phenoxy) is 1. The van der Waals surface area contributed by atoms with Crippen molar-refractivity contribution in [3.05, 3.63) is 65.2 Å². The Balaban J connectivity index is 1.17. The lowest BCUT2D eigenvalue weighted by Gasteiger charge is -2.32. The molecule has 0 bridgehead atoms. The maximum Gasteiger partial charge on any atom is 0.410 e. The molecule has 0 unspecified atom stereocenters. The number of halogens is 2. The normalized spacial score (nSPS) is 18.3. The van der Waals surface area contributed by atoms with Crippen molar-refractivity contribution < 1.29 is 27.9 Å². The van der Waals surface area contributed by atoms with Crippen LogP contribution in [0.2, 0.25) is 0 Å². The lowest BCUT2D eigenvalue weighted by molar-refractivity contribution is -0.122. The number of carbonyl (C=O) groups is 3. The monoisotopic (exact) mass is 542 g/mol. The Kier molecular flexibility index (Phi) is 9.50. The molecular formula is C29H36F2N4O4. The van der Waals surface area contributed by atoms with Crippen LogP contribution in [-0.2, 0) is 14.3 Å². The van der Waals surface area contributed by atoms with Gasteiger partial charge in [0.25, 0.3) is 0 Å². The highest BCUT2D eigenvalue weighted by Gasteiger charge is 2.35. The van der Waals surface area contributed by atoms with Crippen molar-refractivity contribution in [2.75, 3.05) is 44.6 Å². The fourth-order valence-electron chi connectivity index (χ4n) is 5.01. The average Bonchev–Trinajstić information content (AvgIpc) is 3.28. The van der Waals surface area contributed by atoms with Crippen molar-refractivity contribution in [3.63, 3.8) is 0 Å². The van der Waals surface area contributed by atoms with E-state index in [0.29, 0.717) is 18.0 Å². The number of carbonyl (C=O) groups excluding carboxylic acids is 3. The molecule has 0 aliphatic carbocycles. The van der Waals surface area contributed by atoms with Crippen molar-refractivity contribution in [1.29, 1.82) is 0 Å². The highest BCUT2D eigenvalue weighted by molar-refractivity contribution is 5.92. The Morgan fingerprint density at radius 1 is 1.05 bits per heavy atom. The average molecular weight is 543 g/mol. The molecule has 0 aromatic heterocycles. The number of nitrogens with zero attached hydrogens (tertiary/aromatic N) is 2. The summed E-state index contributed by atoms with van der Waals surface area (Å²) < 4.78 is 32.0. The van der Waals surface area contributed by atoms with Crippen LogP contribution in [0.1, 0.15) is 56.2 Å². The lowest BCUT2D eigenvalue weighted by atomic mass is 9.89. The minimum Gasteiger partial charge on any atom is -0.447 e. The summed E-state index contributed by atoms with van der Waals surface area (Å²) in [6, 6.07) is 10.9. The van der Waals surface area contributed by atoms with E-state index in [0.717, 1.165) is 56.7 Å². The third-order valence-electron chi connectivity index (χ3n) is 7.33. The van der Waals surface area contributed by atoms with E-state index in [4.69, 9.17) is 4.74 Å². The molecule has 2 N–H and O–H groups in total. The number of amides is 3. The molecule has 2 aromatic rings. The summed E-state index contributed by atoms with van der Waals surface area (Å²) in [6.45, 7) is 6.73. The zero-order chi connectivity index (χ0) is 27.9. The summed E-state index contributed by atoms with van der Waals surface area (Å²) in [5.74, 6) is -1.92. The molecular weight excluding hydrogens is 506 g/mol. The van der Waals surface area contributed by atoms with Gasteiger partial charge in [-0.25, -0.2) is 13.6 Å². The second kappa shape index (κ2) is 13.0. The van der Waals surface area contributed by atoms with Crippen LogP contribution >= 0.6 is 0 Å². The Hall–Kier alpha value is -3.53. The van der Waals surface area contributed by atoms with Gasteiger partial charge in [0.1, 0.15) is 13.2 Å². The van der Waals surface area contributed by atoms with Crippen LogP contribution in [0.3, 0.4) is 0 Å². The molecule has 3 amide bonds. The zero-order valence-corrected chi connectivity index (χ0v) is 22.4. The van der Waals surface area contributed by atoms with Crippen LogP contribution in [0.5, 0.6) is 0 Å². The number of benzene rings is 2. The fraction of sp³-hybridized carbons (Fsp3) is 0.483. The van der Waals surface area contributed by atoms with E-state index in [9.17, 15) is 23.2 Å². The maximum absolute atomic E-state index is 13.7. The summed E-state index contributed by atoms with van der Waals surface area (Å²) in [6.07, 6.45) is 2.16. The molecule has 4 rings (SSSR count). The first-order valence-electron chi connectivity index (χ1n) is 13.5. The molecule has 2 aliphatic rings. The topological polar surface area (TPSA) is 91.0 Å². The van der Waals surface area contributed by atoms with Gasteiger partial charge < -0.3 is 20.3 Å². The van der Waals surface area contributed by atoms with E-state index in [1.54, 1.807) is 0 Å². The molecule has 2 heterocycles. The number of rotatable bonds is 10. The first-order chi connectivity index (χ1) is 18.7. The SMILES string of the molecule is CC(C)C(=O)Nc1cccc(C2CCN(CCCNC(=O)CN3C(=O)OC[C@H]3c3ccc(F)c(F)c3)CC2)c1. The van der Waals surface area contributed by atoms with E-state index in [1.165, 1.54) is 16.5 Å². The Labute approximate surface area is 227 Å². The molecule has 0 saturated carbocycles. The van der Waals surface area contributed by atoms with Gasteiger partial charge in [0, 0.05) is 18.2 Å². The Morgan fingerprint density at radius 2 is 1.82 bits per heavy atom. The summed E-state index contributed by atoms with van der Waals surface area (Å²) >= 11 is 0. The van der Waals surface area contributed by atoms with E-state index in [1.807, 2.05) is 26.0 Å². The molecule has 10 heteroatoms. The summed E-state index contributed by atoms with van der Waals surface area (Å²) in [7, 11) is 0. The van der Waals surface area contributed by atoms with Gasteiger partial charge in [0.15, 0.2) is 11.6 Å². The van der Waals surface area contributed by atoms with Crippen molar-refractivity contribution >= 4 is 23.6 Å². The smallest absolute Gasteiger partial charge is 0.410 e. The number of hydrogen-bond donors (Lipinski definition) is 2. The van der Waals surface area contributed by atoms with E-state index >= 15 is 0 Å². The zero-order valence-electron chi connectivity index (χ0n) is 22.4. The third kappa shape index (κ3) is 7.53. The van der Waals surface area contributed by atoms with Gasteiger partial charge in [0.05, 0.1) is 6.04 Å². The molecule has 2 saturated heterocycles. The third-order valence-corrected chi connectivity index (χ3v) is 7.33. The van der Waals surface area contributed by atoms with E-state index < -0.39 is 23.8 Å². The van der Waals surface area contributed by atoms with Crippen LogP contribution in [0, 0.1) is 17.6 Å². The summed E-state index contributed by atoms with van der Waals surface area (Å²) in [5, 5.41) is 5.81. The van der Waals surface area contributed by atoms with Crippen LogP contribution in [0.25, 0.3) is 0 Å². The quantitative estimate of drug-likeness (QED) is 0.434. The molecule has 8 nitrogen and oxygen atoms in total. The first kappa shape index (κ1) is 28.5. The van der Waals surface area contributed by atoms with Crippen molar-refractivity contribution in [2.24, 2.45) is 5.92 Å². The second-order valence-corrected chi connectivity index (χ2v) is 10.5. The molecule has 2 fully saturated rings. The Morgan fingerprint density at radius 3 is 2.54 bits per heavy atom. The van der Waals surface area contributed by atoms with Crippen LogP contribution in [0.15, 0.2) is 42.5 Å². The number of piperidine rings is 1. The van der Waals surface area contributed by atoms with Gasteiger partial charge in [-0.15, -0.1) is 0 Å². The number of nitrogens with one attached hydrogen (secondary N) is 2. The number of cyclic esters (lactones) is 1. The summed E-state index contributed by atoms with van der Waals surface area (Å²) in [5.41, 5.74) is 2.45. The number of likely N-dealkylation sites (tertiary alicyclic amines) is 1. The predicted octanol–water partition coefficient (Wildman–Crippen LogP) is 4.44. The van der Waals surface area contributed by atoms with Crippen LogP contribution in [0.4, 0.5) is 19.3 Å². The molecule has 1 atom stereocenters. The Bertz CT molecular complexity index is 1180. The highest BCUT2D eigenvalue weighted by Crippen LogP contribution is 2.30. The second-order valence-electron chi connectivity index (χ2n) is 10.5. The minimum absolute atomic E-state index is 0.0116. The predicted molar refractivity (Wildman–Crippen MR) is 143 cm³/mol.